The van der Waals surface area contributed by atoms with Gasteiger partial charge in [-0.25, -0.2) is 17.9 Å². The second-order valence-electron chi connectivity index (χ2n) is 7.07. The molecule has 2 aromatic rings. The Morgan fingerprint density at radius 1 is 1.04 bits per heavy atom. The van der Waals surface area contributed by atoms with E-state index in [1.54, 1.807) is 17.0 Å². The van der Waals surface area contributed by atoms with Crippen molar-refractivity contribution in [2.75, 3.05) is 18.4 Å². The van der Waals surface area contributed by atoms with Crippen molar-refractivity contribution in [3.63, 3.8) is 0 Å². The van der Waals surface area contributed by atoms with Crippen LogP contribution in [0.15, 0.2) is 47.4 Å². The van der Waals surface area contributed by atoms with Gasteiger partial charge in [-0.3, -0.25) is 0 Å². The Bertz CT molecular complexity index is 953. The Labute approximate surface area is 170 Å². The number of aryl methyl sites for hydroxylation is 2. The Morgan fingerprint density at radius 3 is 2.29 bits per heavy atom. The summed E-state index contributed by atoms with van der Waals surface area (Å²) < 4.78 is 27.7. The number of rotatable bonds is 4. The van der Waals surface area contributed by atoms with Gasteiger partial charge in [0.05, 0.1) is 4.90 Å². The number of carbonyl (C=O) groups excluding carboxylic acids is 1. The number of halogens is 1. The molecule has 28 heavy (non-hydrogen) atoms. The number of hydrogen-bond acceptors (Lipinski definition) is 3. The first-order valence-corrected chi connectivity index (χ1v) is 11.0. The summed E-state index contributed by atoms with van der Waals surface area (Å²) >= 11 is 5.81. The molecule has 0 bridgehead atoms. The van der Waals surface area contributed by atoms with Crippen molar-refractivity contribution in [3.05, 3.63) is 58.6 Å². The molecule has 2 amide bonds. The molecular formula is C20H24ClN3O3S. The van der Waals surface area contributed by atoms with E-state index in [0.717, 1.165) is 11.3 Å². The summed E-state index contributed by atoms with van der Waals surface area (Å²) in [6, 6.07) is 11.5. The third kappa shape index (κ3) is 5.04. The molecule has 8 heteroatoms. The lowest BCUT2D eigenvalue weighted by molar-refractivity contribution is 0.193. The maximum Gasteiger partial charge on any atom is 0.321 e. The predicted molar refractivity (Wildman–Crippen MR) is 111 cm³/mol. The van der Waals surface area contributed by atoms with Crippen LogP contribution in [0.1, 0.15) is 24.0 Å². The van der Waals surface area contributed by atoms with Gasteiger partial charge in [-0.1, -0.05) is 17.7 Å². The van der Waals surface area contributed by atoms with Crippen molar-refractivity contribution in [2.24, 2.45) is 0 Å². The van der Waals surface area contributed by atoms with Crippen molar-refractivity contribution in [1.82, 2.24) is 9.62 Å². The molecule has 1 saturated heterocycles. The summed E-state index contributed by atoms with van der Waals surface area (Å²) in [7, 11) is -3.60. The average molecular weight is 422 g/mol. The molecule has 6 nitrogen and oxygen atoms in total. The summed E-state index contributed by atoms with van der Waals surface area (Å²) in [6.07, 6.45) is 1.13. The first-order valence-electron chi connectivity index (χ1n) is 9.16. The number of anilines is 1. The van der Waals surface area contributed by atoms with E-state index in [1.165, 1.54) is 17.7 Å². The minimum Gasteiger partial charge on any atom is -0.324 e. The fourth-order valence-electron chi connectivity index (χ4n) is 3.12. The van der Waals surface area contributed by atoms with Crippen molar-refractivity contribution in [3.8, 4) is 0 Å². The van der Waals surface area contributed by atoms with E-state index >= 15 is 0 Å². The standard InChI is InChI=1S/C20H24ClN3O3S/c1-14-3-6-18(13-15(14)2)22-20(25)24-11-9-17(10-12-24)23-28(26,27)19-7-4-16(21)5-8-19/h3-8,13,17,23H,9-12H2,1-2H3,(H,22,25). The highest BCUT2D eigenvalue weighted by molar-refractivity contribution is 7.89. The van der Waals surface area contributed by atoms with Gasteiger partial charge in [-0.2, -0.15) is 0 Å². The van der Waals surface area contributed by atoms with Crippen LogP contribution in [-0.4, -0.2) is 38.5 Å². The van der Waals surface area contributed by atoms with Gasteiger partial charge in [-0.15, -0.1) is 0 Å². The molecule has 0 unspecified atom stereocenters. The Balaban J connectivity index is 1.54. The molecule has 0 aliphatic carbocycles. The van der Waals surface area contributed by atoms with Gasteiger partial charge in [0.15, 0.2) is 0 Å². The van der Waals surface area contributed by atoms with E-state index in [-0.39, 0.29) is 17.0 Å². The number of nitrogens with zero attached hydrogens (tertiary/aromatic N) is 1. The second kappa shape index (κ2) is 8.51. The predicted octanol–water partition coefficient (Wildman–Crippen LogP) is 3.93. The number of carbonyl (C=O) groups is 1. The zero-order valence-electron chi connectivity index (χ0n) is 15.9. The average Bonchev–Trinajstić information content (AvgIpc) is 2.65. The van der Waals surface area contributed by atoms with Crippen molar-refractivity contribution < 1.29 is 13.2 Å². The molecule has 0 atom stereocenters. The lowest BCUT2D eigenvalue weighted by Crippen LogP contribution is -2.47. The minimum atomic E-state index is -3.60. The molecule has 0 aromatic heterocycles. The first kappa shape index (κ1) is 20.6. The van der Waals surface area contributed by atoms with Crippen molar-refractivity contribution in [1.29, 1.82) is 0 Å². The second-order valence-corrected chi connectivity index (χ2v) is 9.22. The van der Waals surface area contributed by atoms with Crippen LogP contribution in [0.2, 0.25) is 5.02 Å². The number of likely N-dealkylation sites (tertiary alicyclic amines) is 1. The van der Waals surface area contributed by atoms with Crippen LogP contribution in [-0.2, 0) is 10.0 Å². The zero-order valence-corrected chi connectivity index (χ0v) is 17.5. The van der Waals surface area contributed by atoms with E-state index in [2.05, 4.69) is 10.0 Å². The summed E-state index contributed by atoms with van der Waals surface area (Å²) in [5, 5.41) is 3.40. The molecule has 1 fully saturated rings. The topological polar surface area (TPSA) is 78.5 Å². The van der Waals surface area contributed by atoms with Gasteiger partial charge < -0.3 is 10.2 Å². The molecular weight excluding hydrogens is 398 g/mol. The molecule has 3 rings (SSSR count). The fraction of sp³-hybridized carbons (Fsp3) is 0.350. The van der Waals surface area contributed by atoms with Crippen LogP contribution < -0.4 is 10.0 Å². The molecule has 1 aliphatic heterocycles. The number of amides is 2. The van der Waals surface area contributed by atoms with Crippen LogP contribution >= 0.6 is 11.6 Å². The van der Waals surface area contributed by atoms with Crippen LogP contribution in [0, 0.1) is 13.8 Å². The van der Waals surface area contributed by atoms with Crippen LogP contribution in [0.25, 0.3) is 0 Å². The SMILES string of the molecule is Cc1ccc(NC(=O)N2CCC(NS(=O)(=O)c3ccc(Cl)cc3)CC2)cc1C. The molecule has 1 heterocycles. The first-order chi connectivity index (χ1) is 13.2. The highest BCUT2D eigenvalue weighted by atomic mass is 35.5. The molecule has 2 N–H and O–H groups in total. The van der Waals surface area contributed by atoms with E-state index in [1.807, 2.05) is 32.0 Å². The minimum absolute atomic E-state index is 0.165. The molecule has 0 radical (unpaired) electrons. The highest BCUT2D eigenvalue weighted by Crippen LogP contribution is 2.19. The number of benzene rings is 2. The summed E-state index contributed by atoms with van der Waals surface area (Å²) in [5.41, 5.74) is 3.05. The third-order valence-electron chi connectivity index (χ3n) is 4.99. The van der Waals surface area contributed by atoms with E-state index in [0.29, 0.717) is 31.0 Å². The smallest absolute Gasteiger partial charge is 0.321 e. The van der Waals surface area contributed by atoms with Gasteiger partial charge in [-0.05, 0) is 74.2 Å². The lowest BCUT2D eigenvalue weighted by Gasteiger charge is -2.32. The summed E-state index contributed by atoms with van der Waals surface area (Å²) in [4.78, 5) is 14.4. The number of hydrogen-bond donors (Lipinski definition) is 2. The number of piperidine rings is 1. The van der Waals surface area contributed by atoms with Gasteiger partial charge in [0.25, 0.3) is 0 Å². The third-order valence-corrected chi connectivity index (χ3v) is 6.77. The molecule has 1 aliphatic rings. The van der Waals surface area contributed by atoms with Crippen molar-refractivity contribution in [2.45, 2.75) is 37.6 Å². The van der Waals surface area contributed by atoms with Crippen LogP contribution in [0.4, 0.5) is 10.5 Å². The lowest BCUT2D eigenvalue weighted by atomic mass is 10.1. The number of urea groups is 1. The van der Waals surface area contributed by atoms with Crippen LogP contribution in [0.5, 0.6) is 0 Å². The molecule has 2 aromatic carbocycles. The zero-order chi connectivity index (χ0) is 20.3. The monoisotopic (exact) mass is 421 g/mol. The van der Waals surface area contributed by atoms with Gasteiger partial charge >= 0.3 is 6.03 Å². The van der Waals surface area contributed by atoms with Gasteiger partial charge in [0.2, 0.25) is 10.0 Å². The highest BCUT2D eigenvalue weighted by Gasteiger charge is 2.26. The van der Waals surface area contributed by atoms with Gasteiger partial charge in [0.1, 0.15) is 0 Å². The molecule has 0 spiro atoms. The maximum atomic E-state index is 12.5. The van der Waals surface area contributed by atoms with Crippen LogP contribution in [0.3, 0.4) is 0 Å². The molecule has 150 valence electrons. The van der Waals surface area contributed by atoms with Gasteiger partial charge in [0, 0.05) is 29.8 Å². The van der Waals surface area contributed by atoms with E-state index in [4.69, 9.17) is 11.6 Å². The quantitative estimate of drug-likeness (QED) is 0.784. The molecule has 0 saturated carbocycles. The maximum absolute atomic E-state index is 12.5. The number of sulfonamides is 1. The summed E-state index contributed by atoms with van der Waals surface area (Å²) in [6.45, 7) is 5.01. The normalized spacial score (nSPS) is 15.5. The summed E-state index contributed by atoms with van der Waals surface area (Å²) in [5.74, 6) is 0. The van der Waals surface area contributed by atoms with E-state index in [9.17, 15) is 13.2 Å². The Hall–Kier alpha value is -2.09. The van der Waals surface area contributed by atoms with E-state index < -0.39 is 10.0 Å². The fourth-order valence-corrected chi connectivity index (χ4v) is 4.55. The number of nitrogens with one attached hydrogen (secondary N) is 2. The Kier molecular flexibility index (Phi) is 6.27. The Morgan fingerprint density at radius 2 is 1.68 bits per heavy atom. The van der Waals surface area contributed by atoms with Crippen molar-refractivity contribution >= 4 is 33.3 Å². The largest absolute Gasteiger partial charge is 0.324 e.